The van der Waals surface area contributed by atoms with Crippen LogP contribution in [0.15, 0.2) is 18.2 Å². The molecule has 20 heavy (non-hydrogen) atoms. The van der Waals surface area contributed by atoms with Crippen molar-refractivity contribution in [3.63, 3.8) is 0 Å². The van der Waals surface area contributed by atoms with Gasteiger partial charge in [0.1, 0.15) is 17.8 Å². The summed E-state index contributed by atoms with van der Waals surface area (Å²) >= 11 is 0.955. The third-order valence-corrected chi connectivity index (χ3v) is 3.51. The maximum atomic E-state index is 11.9. The molecular formula is C14H19NO4S. The first-order valence-electron chi connectivity index (χ1n) is 6.49. The predicted molar refractivity (Wildman–Crippen MR) is 77.9 cm³/mol. The molecule has 0 aliphatic carbocycles. The quantitative estimate of drug-likeness (QED) is 0.629. The van der Waals surface area contributed by atoms with Crippen LogP contribution in [-0.2, 0) is 10.6 Å². The fourth-order valence-corrected chi connectivity index (χ4v) is 2.35. The van der Waals surface area contributed by atoms with Crippen molar-refractivity contribution in [3.8, 4) is 11.5 Å². The molecule has 0 atom stereocenters. The van der Waals surface area contributed by atoms with Crippen LogP contribution in [0, 0.1) is 0 Å². The minimum Gasteiger partial charge on any atom is -0.483 e. The molecule has 1 aliphatic heterocycles. The zero-order valence-corrected chi connectivity index (χ0v) is 13.0. The van der Waals surface area contributed by atoms with Gasteiger partial charge in [0.25, 0.3) is 0 Å². The van der Waals surface area contributed by atoms with Crippen molar-refractivity contribution < 1.29 is 18.5 Å². The molecule has 1 aromatic rings. The Hall–Kier alpha value is -1.40. The van der Waals surface area contributed by atoms with Gasteiger partial charge in [-0.2, -0.15) is 0 Å². The highest BCUT2D eigenvalue weighted by atomic mass is 32.2. The van der Waals surface area contributed by atoms with Gasteiger partial charge in [0.15, 0.2) is 11.5 Å². The van der Waals surface area contributed by atoms with E-state index in [-0.39, 0.29) is 5.60 Å². The predicted octanol–water partition coefficient (Wildman–Crippen LogP) is 3.43. The summed E-state index contributed by atoms with van der Waals surface area (Å²) in [6.45, 7) is 6.39. The third kappa shape index (κ3) is 3.37. The Labute approximate surface area is 123 Å². The maximum absolute atomic E-state index is 11.9. The number of para-hydroxylation sites is 1. The number of amides is 1. The second kappa shape index (κ2) is 5.93. The molecule has 2 rings (SSSR count). The summed E-state index contributed by atoms with van der Waals surface area (Å²) in [5.41, 5.74) is 0.789. The first-order chi connectivity index (χ1) is 9.43. The van der Waals surface area contributed by atoms with Gasteiger partial charge in [-0.3, -0.25) is 4.18 Å². The first-order valence-corrected chi connectivity index (χ1v) is 7.19. The molecule has 1 aromatic carbocycles. The van der Waals surface area contributed by atoms with Crippen molar-refractivity contribution in [1.82, 2.24) is 4.31 Å². The fourth-order valence-electron chi connectivity index (χ4n) is 1.99. The first kappa shape index (κ1) is 15.0. The lowest BCUT2D eigenvalue weighted by Gasteiger charge is -2.19. The Morgan fingerprint density at radius 3 is 2.95 bits per heavy atom. The zero-order chi connectivity index (χ0) is 14.8. The van der Waals surface area contributed by atoms with Gasteiger partial charge in [-0.25, -0.2) is 9.10 Å². The maximum Gasteiger partial charge on any atom is 0.426 e. The minimum absolute atomic E-state index is 0.267. The highest BCUT2D eigenvalue weighted by Gasteiger charge is 2.33. The van der Waals surface area contributed by atoms with Gasteiger partial charge in [-0.15, -0.1) is 0 Å². The summed E-state index contributed by atoms with van der Waals surface area (Å²) < 4.78 is 17.6. The summed E-state index contributed by atoms with van der Waals surface area (Å²) in [5.74, 6) is 1.10. The second-order valence-electron chi connectivity index (χ2n) is 5.13. The SMILES string of the molecule is CCOSN(C)C(=O)Oc1cccc2c1OC(C)(C)C2. The number of ether oxygens (including phenoxy) is 2. The largest absolute Gasteiger partial charge is 0.483 e. The minimum atomic E-state index is -0.495. The van der Waals surface area contributed by atoms with Gasteiger partial charge < -0.3 is 9.47 Å². The van der Waals surface area contributed by atoms with E-state index in [0.717, 1.165) is 24.2 Å². The molecule has 0 aromatic heterocycles. The summed E-state index contributed by atoms with van der Waals surface area (Å²) in [4.78, 5) is 11.9. The van der Waals surface area contributed by atoms with Gasteiger partial charge >= 0.3 is 6.09 Å². The molecule has 1 heterocycles. The molecule has 1 amide bonds. The van der Waals surface area contributed by atoms with Crippen molar-refractivity contribution in [1.29, 1.82) is 0 Å². The second-order valence-corrected chi connectivity index (χ2v) is 6.06. The Morgan fingerprint density at radius 2 is 2.25 bits per heavy atom. The molecule has 0 N–H and O–H groups in total. The lowest BCUT2D eigenvalue weighted by Crippen LogP contribution is -2.26. The van der Waals surface area contributed by atoms with E-state index in [4.69, 9.17) is 13.7 Å². The van der Waals surface area contributed by atoms with Crippen LogP contribution in [0.4, 0.5) is 4.79 Å². The lowest BCUT2D eigenvalue weighted by atomic mass is 10.0. The van der Waals surface area contributed by atoms with E-state index < -0.39 is 6.09 Å². The standard InChI is InChI=1S/C14H19NO4S/c1-5-17-20-15(4)13(16)18-11-8-6-7-10-9-14(2,3)19-12(10)11/h6-8H,5,9H2,1-4H3. The number of fused-ring (bicyclic) bond motifs is 1. The lowest BCUT2D eigenvalue weighted by molar-refractivity contribution is 0.131. The Bertz CT molecular complexity index is 504. The van der Waals surface area contributed by atoms with E-state index >= 15 is 0 Å². The summed E-state index contributed by atoms with van der Waals surface area (Å²) in [5, 5.41) is 0. The number of carbonyl (C=O) groups is 1. The average Bonchev–Trinajstić information content (AvgIpc) is 2.71. The van der Waals surface area contributed by atoms with E-state index in [1.807, 2.05) is 32.9 Å². The van der Waals surface area contributed by atoms with Crippen LogP contribution in [0.2, 0.25) is 0 Å². The topological polar surface area (TPSA) is 48.0 Å². The third-order valence-electron chi connectivity index (χ3n) is 2.79. The molecule has 0 radical (unpaired) electrons. The zero-order valence-electron chi connectivity index (χ0n) is 12.1. The summed E-state index contributed by atoms with van der Waals surface area (Å²) in [6.07, 6.45) is 0.308. The van der Waals surface area contributed by atoms with E-state index in [2.05, 4.69) is 0 Å². The van der Waals surface area contributed by atoms with Gasteiger partial charge in [0, 0.05) is 19.0 Å². The van der Waals surface area contributed by atoms with Crippen LogP contribution in [0.3, 0.4) is 0 Å². The number of rotatable bonds is 4. The molecule has 6 heteroatoms. The van der Waals surface area contributed by atoms with E-state index in [0.29, 0.717) is 18.1 Å². The number of benzene rings is 1. The van der Waals surface area contributed by atoms with Crippen LogP contribution in [0.5, 0.6) is 11.5 Å². The normalized spacial score (nSPS) is 15.4. The molecular weight excluding hydrogens is 278 g/mol. The molecule has 0 saturated heterocycles. The van der Waals surface area contributed by atoms with Crippen molar-refractivity contribution in [2.75, 3.05) is 13.7 Å². The number of nitrogens with zero attached hydrogens (tertiary/aromatic N) is 1. The van der Waals surface area contributed by atoms with Crippen LogP contribution in [-0.4, -0.2) is 29.7 Å². The van der Waals surface area contributed by atoms with Gasteiger partial charge in [0.2, 0.25) is 0 Å². The molecule has 0 saturated carbocycles. The smallest absolute Gasteiger partial charge is 0.426 e. The van der Waals surface area contributed by atoms with Crippen molar-refractivity contribution in [3.05, 3.63) is 23.8 Å². The molecule has 110 valence electrons. The van der Waals surface area contributed by atoms with Gasteiger partial charge in [-0.1, -0.05) is 12.1 Å². The van der Waals surface area contributed by atoms with Gasteiger partial charge in [0.05, 0.1) is 6.61 Å². The molecule has 0 fully saturated rings. The van der Waals surface area contributed by atoms with Gasteiger partial charge in [-0.05, 0) is 26.8 Å². The van der Waals surface area contributed by atoms with Crippen LogP contribution < -0.4 is 9.47 Å². The monoisotopic (exact) mass is 297 g/mol. The Morgan fingerprint density at radius 1 is 1.50 bits per heavy atom. The number of carbonyl (C=O) groups excluding carboxylic acids is 1. The fraction of sp³-hybridized carbons (Fsp3) is 0.500. The summed E-state index contributed by atoms with van der Waals surface area (Å²) in [6, 6.07) is 5.58. The number of hydrogen-bond acceptors (Lipinski definition) is 5. The molecule has 0 bridgehead atoms. The number of hydrogen-bond donors (Lipinski definition) is 0. The van der Waals surface area contributed by atoms with E-state index in [1.54, 1.807) is 13.1 Å². The van der Waals surface area contributed by atoms with E-state index in [9.17, 15) is 4.79 Å². The van der Waals surface area contributed by atoms with Crippen LogP contribution in [0.25, 0.3) is 0 Å². The van der Waals surface area contributed by atoms with Crippen LogP contribution in [0.1, 0.15) is 26.3 Å². The highest BCUT2D eigenvalue weighted by molar-refractivity contribution is 7.92. The Kier molecular flexibility index (Phi) is 4.45. The van der Waals surface area contributed by atoms with Crippen LogP contribution >= 0.6 is 12.2 Å². The average molecular weight is 297 g/mol. The van der Waals surface area contributed by atoms with E-state index in [1.165, 1.54) is 4.31 Å². The molecule has 5 nitrogen and oxygen atoms in total. The van der Waals surface area contributed by atoms with Crippen molar-refractivity contribution in [2.24, 2.45) is 0 Å². The molecule has 1 aliphatic rings. The molecule has 0 spiro atoms. The van der Waals surface area contributed by atoms with Crippen molar-refractivity contribution >= 4 is 18.3 Å². The molecule has 0 unspecified atom stereocenters. The van der Waals surface area contributed by atoms with Crippen molar-refractivity contribution in [2.45, 2.75) is 32.8 Å². The Balaban J connectivity index is 2.08. The highest BCUT2D eigenvalue weighted by Crippen LogP contribution is 2.41. The summed E-state index contributed by atoms with van der Waals surface area (Å²) in [7, 11) is 1.59.